The summed E-state index contributed by atoms with van der Waals surface area (Å²) in [6, 6.07) is 11.9. The van der Waals surface area contributed by atoms with Crippen molar-refractivity contribution in [2.45, 2.75) is 192 Å². The van der Waals surface area contributed by atoms with Gasteiger partial charge >= 0.3 is 23.9 Å². The van der Waals surface area contributed by atoms with Crippen LogP contribution in [0.2, 0.25) is 0 Å². The molecule has 4 amide bonds. The van der Waals surface area contributed by atoms with Crippen LogP contribution >= 0.6 is 69.6 Å². The minimum Gasteiger partial charge on any atom is -0.481 e. The minimum atomic E-state index is -1.75. The topological polar surface area (TPSA) is 322 Å². The summed E-state index contributed by atoms with van der Waals surface area (Å²) in [5.41, 5.74) is 6.22. The van der Waals surface area contributed by atoms with Gasteiger partial charge in [-0.15, -0.1) is 0 Å². The summed E-state index contributed by atoms with van der Waals surface area (Å²) in [6.07, 6.45) is 11.1. The number of alkyl halides is 6. The molecule has 0 saturated carbocycles. The number of hydrogen-bond donors (Lipinski definition) is 7. The molecule has 0 bridgehead atoms. The van der Waals surface area contributed by atoms with Crippen molar-refractivity contribution in [2.75, 3.05) is 26.3 Å². The number of nitrogens with zero attached hydrogens (tertiary/aromatic N) is 4. The number of Topliss-reactive ketones (excluding diaryl/α,β-unsaturated/α-hetero) is 1. The van der Waals surface area contributed by atoms with Gasteiger partial charge in [0, 0.05) is 54.0 Å². The van der Waals surface area contributed by atoms with Gasteiger partial charge in [0.25, 0.3) is 11.8 Å². The van der Waals surface area contributed by atoms with E-state index in [1.165, 1.54) is 16.9 Å². The van der Waals surface area contributed by atoms with Crippen LogP contribution in [0.3, 0.4) is 0 Å². The van der Waals surface area contributed by atoms with E-state index >= 15 is 0 Å². The fourth-order valence-electron chi connectivity index (χ4n) is 10.0. The van der Waals surface area contributed by atoms with Crippen LogP contribution in [0.15, 0.2) is 73.1 Å². The van der Waals surface area contributed by atoms with E-state index in [-0.39, 0.29) is 30.5 Å². The lowest BCUT2D eigenvalue weighted by atomic mass is 9.79. The molecule has 2 aromatic heterocycles. The molecule has 23 nitrogen and oxygen atoms in total. The van der Waals surface area contributed by atoms with Gasteiger partial charge in [0.15, 0.2) is 0 Å². The van der Waals surface area contributed by atoms with Gasteiger partial charge < -0.3 is 40.2 Å². The molecule has 100 heavy (non-hydrogen) atoms. The largest absolute Gasteiger partial charge is 0.481 e. The van der Waals surface area contributed by atoms with Crippen LogP contribution in [0, 0.1) is 34.5 Å². The molecule has 0 radical (unpaired) electrons. The molecule has 2 aliphatic heterocycles. The molecular formula is C71H96Cl6N8O15. The quantitative estimate of drug-likeness (QED) is 0.0195. The number of aliphatic carboxylic acids is 1. The average Bonchev–Trinajstić information content (AvgIpc) is 0.831. The number of benzene rings is 2. The maximum absolute atomic E-state index is 13.5. The van der Waals surface area contributed by atoms with Gasteiger partial charge in [0.05, 0.1) is 41.3 Å². The number of allylic oxidation sites excluding steroid dienone is 1. The average molecular weight is 1510 g/mol. The number of esters is 3. The zero-order chi connectivity index (χ0) is 75.6. The number of hydrogen-bond acceptors (Lipinski definition) is 18. The normalized spacial score (nSPS) is 17.4. The first-order chi connectivity index (χ1) is 46.2. The van der Waals surface area contributed by atoms with Gasteiger partial charge in [0.1, 0.15) is 48.8 Å². The van der Waals surface area contributed by atoms with Gasteiger partial charge in [-0.1, -0.05) is 146 Å². The zero-order valence-electron chi connectivity index (χ0n) is 59.2. The number of rotatable bonds is 24. The first-order valence-corrected chi connectivity index (χ1v) is 35.2. The predicted molar refractivity (Wildman–Crippen MR) is 388 cm³/mol. The molecule has 0 spiro atoms. The Morgan fingerprint density at radius 3 is 1.30 bits per heavy atom. The van der Waals surface area contributed by atoms with Crippen LogP contribution in [0.1, 0.15) is 177 Å². The summed E-state index contributed by atoms with van der Waals surface area (Å²) in [4.78, 5) is 122. The smallest absolute Gasteiger partial charge is 0.325 e. The Balaban J connectivity index is 0.000000342. The van der Waals surface area contributed by atoms with Crippen LogP contribution in [0.4, 0.5) is 0 Å². The van der Waals surface area contributed by atoms with Crippen LogP contribution in [-0.2, 0) is 57.4 Å². The lowest BCUT2D eigenvalue weighted by Crippen LogP contribution is -2.60. The number of halogens is 6. The third-order valence-electron chi connectivity index (χ3n) is 16.2. The number of ether oxygens (including phenoxy) is 3. The number of fused-ring (bicyclic) bond motifs is 2. The summed E-state index contributed by atoms with van der Waals surface area (Å²) in [5, 5.41) is 40.4. The first kappa shape index (κ1) is 86.2. The van der Waals surface area contributed by atoms with Crippen molar-refractivity contribution in [2.24, 2.45) is 34.5 Å². The van der Waals surface area contributed by atoms with E-state index in [1.54, 1.807) is 93.8 Å². The Morgan fingerprint density at radius 2 is 0.950 bits per heavy atom. The molecule has 4 heterocycles. The maximum Gasteiger partial charge on any atom is 0.325 e. The van der Waals surface area contributed by atoms with Crippen molar-refractivity contribution >= 4 is 157 Å². The molecule has 8 atom stereocenters. The summed E-state index contributed by atoms with van der Waals surface area (Å²) in [6.45, 7) is 25.8. The van der Waals surface area contributed by atoms with Crippen molar-refractivity contribution in [3.63, 3.8) is 0 Å². The molecule has 0 aliphatic carbocycles. The van der Waals surface area contributed by atoms with Gasteiger partial charge in [0.2, 0.25) is 19.4 Å². The van der Waals surface area contributed by atoms with Crippen LogP contribution in [0.25, 0.3) is 33.7 Å². The van der Waals surface area contributed by atoms with Crippen molar-refractivity contribution in [3.8, 4) is 0 Å². The lowest BCUT2D eigenvalue weighted by molar-refractivity contribution is -0.158. The van der Waals surface area contributed by atoms with Crippen LogP contribution in [0.5, 0.6) is 0 Å². The number of aromatic nitrogens is 2. The number of nitrogens with one attached hydrogen (secondary N) is 4. The van der Waals surface area contributed by atoms with Crippen molar-refractivity contribution in [3.05, 3.63) is 95.6 Å². The monoisotopic (exact) mass is 1510 g/mol. The molecular weight excluding hydrogens is 1420 g/mol. The van der Waals surface area contributed by atoms with Crippen LogP contribution < -0.4 is 21.5 Å². The number of ketones is 1. The lowest BCUT2D eigenvalue weighted by Gasteiger charge is -2.34. The highest BCUT2D eigenvalue weighted by Gasteiger charge is 2.38. The Hall–Kier alpha value is -6.25. The predicted octanol–water partition coefficient (Wildman–Crippen LogP) is 11.8. The van der Waals surface area contributed by atoms with Crippen LogP contribution in [-0.4, -0.2) is 152 Å². The number of aliphatic hydroxyl groups excluding tert-OH is 2. The molecule has 29 heteroatoms. The standard InChI is InChI=1S/C33H43Cl3N4O6.C21H34Cl3N3O6.C17H19NO3/c1-19(2)25(29(43)38-20(3)30(44)40-13-7-8-26(39-40)31(45)46-18-33(34,35)36)16-28(42)32(5,6)12-11-22-9-10-23-17-37-27(21(4)41)15-24(23)14-22;1-12(2)14(10-16(28)33-20(4,5)6)17(29)25-13(3)18(30)27-9-7-8-15(26-27)19(31)32-11-21(22,23)24;1-11(19)15-9-14-8-12(4-5-13(14)10-18-15)6-7-17(2,3)16(20)21/h9-12,14-15,17,19-21,25-26,39,41H,7-8,13,16,18H2,1-6H3,(H,38,43);12-15,26H,7-11H2,1-6H3,(H,25,29);4-11,19H,1-3H3,(H,20,21)/b12-11+;;7-6+/t20-,21+,25-,26-;13-,14-,15-;/m00./s1. The van der Waals surface area contributed by atoms with Gasteiger partial charge in [-0.2, -0.15) is 0 Å². The van der Waals surface area contributed by atoms with Crippen molar-refractivity contribution in [1.82, 2.24) is 41.5 Å². The van der Waals surface area contributed by atoms with E-state index < -0.39 is 133 Å². The maximum atomic E-state index is 13.5. The highest BCUT2D eigenvalue weighted by molar-refractivity contribution is 6.68. The van der Waals surface area contributed by atoms with Crippen molar-refractivity contribution < 1.29 is 72.7 Å². The van der Waals surface area contributed by atoms with E-state index in [0.717, 1.165) is 32.7 Å². The highest BCUT2D eigenvalue weighted by Crippen LogP contribution is 2.31. The molecule has 2 aliphatic rings. The second kappa shape index (κ2) is 37.8. The summed E-state index contributed by atoms with van der Waals surface area (Å²) < 4.78 is 11.9. The molecule has 1 unspecified atom stereocenters. The number of carbonyl (C=O) groups excluding carboxylic acids is 8. The number of carboxylic acids is 1. The van der Waals surface area contributed by atoms with Gasteiger partial charge in [-0.3, -0.25) is 63.1 Å². The molecule has 2 saturated heterocycles. The zero-order valence-corrected chi connectivity index (χ0v) is 63.8. The van der Waals surface area contributed by atoms with E-state index in [2.05, 4.69) is 31.5 Å². The number of pyridine rings is 2. The highest BCUT2D eigenvalue weighted by atomic mass is 35.6. The van der Waals surface area contributed by atoms with Gasteiger partial charge in [-0.05, 0) is 160 Å². The molecule has 2 aromatic carbocycles. The third-order valence-corrected chi connectivity index (χ3v) is 16.9. The van der Waals surface area contributed by atoms with Gasteiger partial charge in [-0.25, -0.2) is 10.9 Å². The number of amides is 4. The number of aliphatic hydroxyl groups is 2. The Kier molecular flexibility index (Phi) is 32.6. The first-order valence-electron chi connectivity index (χ1n) is 32.9. The van der Waals surface area contributed by atoms with E-state index in [0.29, 0.717) is 50.2 Å². The van der Waals surface area contributed by atoms with E-state index in [4.69, 9.17) is 88.9 Å². The second-order valence-electron chi connectivity index (χ2n) is 27.9. The second-order valence-corrected chi connectivity index (χ2v) is 32.9. The Bertz CT molecular complexity index is 3590. The van der Waals surface area contributed by atoms with E-state index in [9.17, 15) is 53.4 Å². The third kappa shape index (κ3) is 28.5. The molecule has 552 valence electrons. The molecule has 7 N–H and O–H groups in total. The SMILES string of the molecule is CC(C)[C@H](CC(=O)C(C)(C)/C=C/c1ccc2cnc([C@@H](C)O)cc2c1)C(=O)N[C@@H](C)C(=O)N1CCC[C@@H](C(=O)OCC(Cl)(Cl)Cl)N1.CC(C)[C@H](CC(=O)OC(C)(C)C)C(=O)N[C@@H](C)C(=O)N1CCC[C@@H](C(=O)OCC(Cl)(Cl)Cl)N1.CC(O)c1cc2cc(/C=C/C(C)(C)C(=O)O)ccc2cn1. The molecule has 2 fully saturated rings. The fraction of sp³-hybridized carbons (Fsp3) is 0.563. The molecule has 4 aromatic rings. The van der Waals surface area contributed by atoms with Crippen molar-refractivity contribution in [1.29, 1.82) is 0 Å². The number of carbonyl (C=O) groups is 9. The Labute approximate surface area is 615 Å². The fourth-order valence-corrected chi connectivity index (χ4v) is 10.4. The summed E-state index contributed by atoms with van der Waals surface area (Å²) in [5.74, 6) is -6.10. The van der Waals surface area contributed by atoms with E-state index in [1.807, 2.05) is 88.4 Å². The number of carboxylic acid groups (broad SMARTS) is 1. The summed E-state index contributed by atoms with van der Waals surface area (Å²) in [7, 11) is 0. The minimum absolute atomic E-state index is 0.0119. The summed E-state index contributed by atoms with van der Waals surface area (Å²) >= 11 is 33.8. The molecule has 6 rings (SSSR count). The Morgan fingerprint density at radius 1 is 0.570 bits per heavy atom. The number of hydrazine groups is 2.